The van der Waals surface area contributed by atoms with E-state index in [-0.39, 0.29) is 0 Å². The Bertz CT molecular complexity index is 600. The maximum atomic E-state index is 12.7. The number of aromatic amines is 1. The third-order valence-electron chi connectivity index (χ3n) is 3.03. The fraction of sp³-hybridized carbons (Fsp3) is 0.308. The summed E-state index contributed by atoms with van der Waals surface area (Å²) in [7, 11) is 0. The van der Waals surface area contributed by atoms with Crippen LogP contribution in [0.3, 0.4) is 0 Å². The molecular weight excluding hydrogens is 335 g/mol. The Balaban J connectivity index is 2.21. The van der Waals surface area contributed by atoms with Crippen molar-refractivity contribution in [1.29, 1.82) is 0 Å². The second-order valence-corrected chi connectivity index (χ2v) is 5.31. The van der Waals surface area contributed by atoms with E-state index in [2.05, 4.69) is 31.4 Å². The molecule has 0 atom stereocenters. The summed E-state index contributed by atoms with van der Waals surface area (Å²) in [6, 6.07) is 3.53. The van der Waals surface area contributed by atoms with Crippen molar-refractivity contribution >= 4 is 21.6 Å². The van der Waals surface area contributed by atoms with Crippen LogP contribution in [0.2, 0.25) is 0 Å². The minimum Gasteiger partial charge on any atom is -0.380 e. The van der Waals surface area contributed by atoms with Crippen molar-refractivity contribution in [3.8, 4) is 0 Å². The van der Waals surface area contributed by atoms with Gasteiger partial charge in [0.2, 0.25) is 0 Å². The molecule has 0 aliphatic heterocycles. The lowest BCUT2D eigenvalue weighted by Crippen LogP contribution is -2.07. The molecule has 2 N–H and O–H groups in total. The van der Waals surface area contributed by atoms with Crippen LogP contribution >= 0.6 is 15.9 Å². The van der Waals surface area contributed by atoms with E-state index in [0.717, 1.165) is 29.1 Å². The van der Waals surface area contributed by atoms with Crippen molar-refractivity contribution < 1.29 is 13.2 Å². The molecule has 0 bridgehead atoms. The van der Waals surface area contributed by atoms with Gasteiger partial charge < -0.3 is 5.32 Å². The molecule has 0 aliphatic rings. The Morgan fingerprint density at radius 1 is 1.30 bits per heavy atom. The maximum absolute atomic E-state index is 12.7. The molecule has 0 radical (unpaired) electrons. The largest absolute Gasteiger partial charge is 0.416 e. The van der Waals surface area contributed by atoms with Crippen molar-refractivity contribution in [2.45, 2.75) is 26.6 Å². The second kappa shape index (κ2) is 5.47. The molecule has 2 rings (SSSR count). The van der Waals surface area contributed by atoms with E-state index >= 15 is 0 Å². The smallest absolute Gasteiger partial charge is 0.380 e. The number of hydrogen-bond donors (Lipinski definition) is 2. The topological polar surface area (TPSA) is 40.7 Å². The number of nitrogens with one attached hydrogen (secondary N) is 2. The van der Waals surface area contributed by atoms with Crippen molar-refractivity contribution in [3.63, 3.8) is 0 Å². The number of halogens is 4. The Hall–Kier alpha value is -1.50. The zero-order valence-electron chi connectivity index (χ0n) is 10.9. The molecule has 2 aromatic rings. The number of benzene rings is 1. The van der Waals surface area contributed by atoms with Gasteiger partial charge in [-0.3, -0.25) is 5.10 Å². The zero-order chi connectivity index (χ0) is 14.9. The van der Waals surface area contributed by atoms with Crippen LogP contribution in [0, 0.1) is 13.8 Å². The number of nitrogens with zero attached hydrogens (tertiary/aromatic N) is 1. The molecule has 0 saturated carbocycles. The Morgan fingerprint density at radius 3 is 2.55 bits per heavy atom. The molecule has 0 fully saturated rings. The number of alkyl halides is 3. The van der Waals surface area contributed by atoms with Gasteiger partial charge >= 0.3 is 6.18 Å². The first-order valence-corrected chi connectivity index (χ1v) is 6.69. The number of aromatic nitrogens is 2. The first-order valence-electron chi connectivity index (χ1n) is 5.90. The molecule has 7 heteroatoms. The molecule has 0 saturated heterocycles. The van der Waals surface area contributed by atoms with Gasteiger partial charge in [-0.15, -0.1) is 0 Å². The summed E-state index contributed by atoms with van der Waals surface area (Å²) < 4.78 is 38.6. The fourth-order valence-corrected chi connectivity index (χ4v) is 2.24. The standard InChI is InChI=1S/C13H13BrF3N3/c1-7-10(8(2)20-19-7)6-18-12-5-9(13(15,16)17)3-4-11(12)14/h3-5,18H,6H2,1-2H3,(H,19,20). The summed E-state index contributed by atoms with van der Waals surface area (Å²) >= 11 is 3.25. The maximum Gasteiger partial charge on any atom is 0.416 e. The van der Waals surface area contributed by atoms with Gasteiger partial charge in [0, 0.05) is 28.0 Å². The summed E-state index contributed by atoms with van der Waals surface area (Å²) in [5.74, 6) is 0. The predicted octanol–water partition coefficient (Wildman–Crippen LogP) is 4.42. The van der Waals surface area contributed by atoms with E-state index < -0.39 is 11.7 Å². The van der Waals surface area contributed by atoms with Gasteiger partial charge in [0.25, 0.3) is 0 Å². The van der Waals surface area contributed by atoms with Crippen molar-refractivity contribution in [1.82, 2.24) is 10.2 Å². The van der Waals surface area contributed by atoms with Crippen LogP contribution in [0.5, 0.6) is 0 Å². The van der Waals surface area contributed by atoms with Gasteiger partial charge in [-0.1, -0.05) is 0 Å². The Kier molecular flexibility index (Phi) is 4.08. The number of rotatable bonds is 3. The number of aryl methyl sites for hydroxylation is 2. The van der Waals surface area contributed by atoms with Gasteiger partial charge in [0.15, 0.2) is 0 Å². The van der Waals surface area contributed by atoms with E-state index in [1.165, 1.54) is 6.07 Å². The minimum atomic E-state index is -4.35. The van der Waals surface area contributed by atoms with E-state index in [9.17, 15) is 13.2 Å². The lowest BCUT2D eigenvalue weighted by Gasteiger charge is -2.12. The molecule has 1 heterocycles. The van der Waals surface area contributed by atoms with Crippen LogP contribution in [0.25, 0.3) is 0 Å². The van der Waals surface area contributed by atoms with Crippen LogP contribution in [-0.2, 0) is 12.7 Å². The molecule has 20 heavy (non-hydrogen) atoms. The number of H-pyrrole nitrogens is 1. The SMILES string of the molecule is Cc1n[nH]c(C)c1CNc1cc(C(F)(F)F)ccc1Br. The Morgan fingerprint density at radius 2 is 2.00 bits per heavy atom. The van der Waals surface area contributed by atoms with Crippen LogP contribution in [-0.4, -0.2) is 10.2 Å². The zero-order valence-corrected chi connectivity index (χ0v) is 12.5. The van der Waals surface area contributed by atoms with Crippen molar-refractivity contribution in [2.24, 2.45) is 0 Å². The molecule has 3 nitrogen and oxygen atoms in total. The second-order valence-electron chi connectivity index (χ2n) is 4.46. The molecule has 0 amide bonds. The van der Waals surface area contributed by atoms with Gasteiger partial charge in [-0.25, -0.2) is 0 Å². The quantitative estimate of drug-likeness (QED) is 0.862. The summed E-state index contributed by atoms with van der Waals surface area (Å²) in [6.07, 6.45) is -4.35. The highest BCUT2D eigenvalue weighted by Gasteiger charge is 2.30. The number of anilines is 1. The highest BCUT2D eigenvalue weighted by atomic mass is 79.9. The average Bonchev–Trinajstić information content (AvgIpc) is 2.67. The third kappa shape index (κ3) is 3.15. The van der Waals surface area contributed by atoms with Crippen molar-refractivity contribution in [3.05, 3.63) is 45.2 Å². The van der Waals surface area contributed by atoms with Gasteiger partial charge in [0.05, 0.1) is 11.3 Å². The summed E-state index contributed by atoms with van der Waals surface area (Å²) in [5, 5.41) is 9.90. The highest BCUT2D eigenvalue weighted by molar-refractivity contribution is 9.10. The van der Waals surface area contributed by atoms with Gasteiger partial charge in [0.1, 0.15) is 0 Å². The summed E-state index contributed by atoms with van der Waals surface area (Å²) in [6.45, 7) is 4.13. The predicted molar refractivity (Wildman–Crippen MR) is 74.5 cm³/mol. The summed E-state index contributed by atoms with van der Waals surface area (Å²) in [5.41, 5.74) is 2.41. The highest BCUT2D eigenvalue weighted by Crippen LogP contribution is 2.34. The molecule has 108 valence electrons. The Labute approximate surface area is 122 Å². The molecule has 0 spiro atoms. The molecule has 1 aromatic heterocycles. The van der Waals surface area contributed by atoms with Gasteiger partial charge in [-0.2, -0.15) is 18.3 Å². The molecule has 1 aromatic carbocycles. The summed E-state index contributed by atoms with van der Waals surface area (Å²) in [4.78, 5) is 0. The lowest BCUT2D eigenvalue weighted by atomic mass is 10.1. The molecule has 0 aliphatic carbocycles. The fourth-order valence-electron chi connectivity index (χ4n) is 1.86. The average molecular weight is 348 g/mol. The first kappa shape index (κ1) is 14.9. The molecular formula is C13H13BrF3N3. The normalized spacial score (nSPS) is 11.7. The van der Waals surface area contributed by atoms with E-state index in [1.807, 2.05) is 13.8 Å². The van der Waals surface area contributed by atoms with Crippen LogP contribution in [0.4, 0.5) is 18.9 Å². The first-order chi connectivity index (χ1) is 9.29. The van der Waals surface area contributed by atoms with E-state index in [4.69, 9.17) is 0 Å². The minimum absolute atomic E-state index is 0.403. The monoisotopic (exact) mass is 347 g/mol. The van der Waals surface area contributed by atoms with E-state index in [0.29, 0.717) is 16.7 Å². The number of hydrogen-bond acceptors (Lipinski definition) is 2. The lowest BCUT2D eigenvalue weighted by molar-refractivity contribution is -0.137. The van der Waals surface area contributed by atoms with Crippen LogP contribution < -0.4 is 5.32 Å². The van der Waals surface area contributed by atoms with Gasteiger partial charge in [-0.05, 0) is 48.0 Å². The van der Waals surface area contributed by atoms with Crippen LogP contribution in [0.15, 0.2) is 22.7 Å². The van der Waals surface area contributed by atoms with Crippen molar-refractivity contribution in [2.75, 3.05) is 5.32 Å². The molecule has 0 unspecified atom stereocenters. The van der Waals surface area contributed by atoms with E-state index in [1.54, 1.807) is 0 Å². The third-order valence-corrected chi connectivity index (χ3v) is 3.72. The van der Waals surface area contributed by atoms with Crippen LogP contribution in [0.1, 0.15) is 22.5 Å².